The second-order valence-electron chi connectivity index (χ2n) is 7.17. The fourth-order valence-corrected chi connectivity index (χ4v) is 3.05. The van der Waals surface area contributed by atoms with Gasteiger partial charge < -0.3 is 15.0 Å². The number of anilines is 2. The summed E-state index contributed by atoms with van der Waals surface area (Å²) >= 11 is 0. The van der Waals surface area contributed by atoms with Crippen molar-refractivity contribution in [3.05, 3.63) is 64.7 Å². The number of nitrogens with one attached hydrogen (secondary N) is 1. The molecule has 0 spiro atoms. The van der Waals surface area contributed by atoms with E-state index in [-0.39, 0.29) is 17.4 Å². The Morgan fingerprint density at radius 2 is 1.90 bits per heavy atom. The molecule has 0 saturated carbocycles. The normalized spacial score (nSPS) is 15.1. The van der Waals surface area contributed by atoms with E-state index >= 15 is 0 Å². The van der Waals surface area contributed by atoms with E-state index in [0.717, 1.165) is 11.3 Å². The molecule has 0 unspecified atom stereocenters. The van der Waals surface area contributed by atoms with E-state index < -0.39 is 18.4 Å². The van der Waals surface area contributed by atoms with Crippen molar-refractivity contribution >= 4 is 35.1 Å². The summed E-state index contributed by atoms with van der Waals surface area (Å²) in [6.45, 7) is 1.26. The van der Waals surface area contributed by atoms with Gasteiger partial charge >= 0.3 is 5.97 Å². The number of amides is 1. The summed E-state index contributed by atoms with van der Waals surface area (Å²) in [5.74, 6) is -1.75. The fourth-order valence-electron chi connectivity index (χ4n) is 3.05. The van der Waals surface area contributed by atoms with E-state index in [1.54, 1.807) is 37.3 Å². The summed E-state index contributed by atoms with van der Waals surface area (Å²) in [6.07, 6.45) is 1.42. The summed E-state index contributed by atoms with van der Waals surface area (Å²) in [6, 6.07) is 14.0. The SMILES string of the molecule is C[C@H]1C(=O)Nc2ccc(C(=O)COC(=O)/C(C#N)=C/c3ccc(N(C)C)cc3)cc21. The number of carbonyl (C=O) groups excluding carboxylic acids is 3. The van der Waals surface area contributed by atoms with E-state index in [9.17, 15) is 19.6 Å². The topological polar surface area (TPSA) is 99.5 Å². The molecule has 1 aliphatic rings. The number of fused-ring (bicyclic) bond motifs is 1. The molecular weight excluding hydrogens is 382 g/mol. The van der Waals surface area contributed by atoms with Crippen LogP contribution in [0.1, 0.15) is 34.3 Å². The Kier molecular flexibility index (Phi) is 5.98. The molecule has 0 radical (unpaired) electrons. The van der Waals surface area contributed by atoms with Crippen LogP contribution in [0.15, 0.2) is 48.0 Å². The third kappa shape index (κ3) is 4.39. The van der Waals surface area contributed by atoms with Crippen molar-refractivity contribution in [3.63, 3.8) is 0 Å². The number of ether oxygens (including phenoxy) is 1. The van der Waals surface area contributed by atoms with E-state index in [0.29, 0.717) is 16.8 Å². The molecule has 1 aliphatic heterocycles. The highest BCUT2D eigenvalue weighted by Gasteiger charge is 2.27. The zero-order chi connectivity index (χ0) is 21.8. The molecule has 1 amide bonds. The zero-order valence-electron chi connectivity index (χ0n) is 16.9. The van der Waals surface area contributed by atoms with Gasteiger partial charge in [0.25, 0.3) is 0 Å². The first-order valence-corrected chi connectivity index (χ1v) is 9.34. The van der Waals surface area contributed by atoms with Gasteiger partial charge in [-0.2, -0.15) is 5.26 Å². The maximum Gasteiger partial charge on any atom is 0.349 e. The minimum Gasteiger partial charge on any atom is -0.453 e. The predicted octanol–water partition coefficient (Wildman–Crippen LogP) is 3.14. The van der Waals surface area contributed by atoms with Crippen molar-refractivity contribution in [2.24, 2.45) is 0 Å². The Hall–Kier alpha value is -3.92. The molecule has 0 bridgehead atoms. The van der Waals surface area contributed by atoms with Gasteiger partial charge in [0, 0.05) is 31.0 Å². The van der Waals surface area contributed by atoms with Crippen LogP contribution in [0.4, 0.5) is 11.4 Å². The van der Waals surface area contributed by atoms with Gasteiger partial charge in [-0.05, 0) is 54.5 Å². The van der Waals surface area contributed by atoms with Gasteiger partial charge in [0.2, 0.25) is 5.91 Å². The van der Waals surface area contributed by atoms with E-state index in [1.807, 2.05) is 37.2 Å². The summed E-state index contributed by atoms with van der Waals surface area (Å²) in [4.78, 5) is 38.3. The second-order valence-corrected chi connectivity index (χ2v) is 7.17. The second kappa shape index (κ2) is 8.62. The Balaban J connectivity index is 1.66. The predicted molar refractivity (Wildman–Crippen MR) is 113 cm³/mol. The molecule has 1 atom stereocenters. The van der Waals surface area contributed by atoms with Crippen molar-refractivity contribution in [2.75, 3.05) is 30.9 Å². The summed E-state index contributed by atoms with van der Waals surface area (Å²) < 4.78 is 5.04. The molecule has 7 nitrogen and oxygen atoms in total. The van der Waals surface area contributed by atoms with E-state index in [1.165, 1.54) is 6.08 Å². The molecule has 2 aromatic carbocycles. The van der Waals surface area contributed by atoms with Gasteiger partial charge in [-0.15, -0.1) is 0 Å². The first kappa shape index (κ1) is 20.8. The zero-order valence-corrected chi connectivity index (χ0v) is 16.9. The Morgan fingerprint density at radius 3 is 2.53 bits per heavy atom. The number of benzene rings is 2. The number of hydrogen-bond acceptors (Lipinski definition) is 6. The lowest BCUT2D eigenvalue weighted by atomic mass is 9.99. The minimum atomic E-state index is -0.867. The molecule has 1 heterocycles. The molecule has 0 aromatic heterocycles. The molecule has 30 heavy (non-hydrogen) atoms. The van der Waals surface area contributed by atoms with Crippen molar-refractivity contribution in [3.8, 4) is 6.07 Å². The van der Waals surface area contributed by atoms with Crippen LogP contribution in [0.3, 0.4) is 0 Å². The number of esters is 1. The van der Waals surface area contributed by atoms with Crippen LogP contribution >= 0.6 is 0 Å². The number of nitrogens with zero attached hydrogens (tertiary/aromatic N) is 2. The number of hydrogen-bond donors (Lipinski definition) is 1. The summed E-state index contributed by atoms with van der Waals surface area (Å²) in [5, 5.41) is 12.0. The first-order chi connectivity index (χ1) is 14.3. The van der Waals surface area contributed by atoms with E-state index in [2.05, 4.69) is 5.32 Å². The number of ketones is 1. The molecule has 0 fully saturated rings. The Bertz CT molecular complexity index is 1080. The minimum absolute atomic E-state index is 0.122. The summed E-state index contributed by atoms with van der Waals surface area (Å²) in [5.41, 5.74) is 3.21. The molecular formula is C23H21N3O4. The summed E-state index contributed by atoms with van der Waals surface area (Å²) in [7, 11) is 3.83. The van der Waals surface area contributed by atoms with Crippen molar-refractivity contribution < 1.29 is 19.1 Å². The van der Waals surface area contributed by atoms with Crippen LogP contribution in [0.2, 0.25) is 0 Å². The highest BCUT2D eigenvalue weighted by molar-refractivity contribution is 6.05. The number of nitriles is 1. The van der Waals surface area contributed by atoms with Crippen molar-refractivity contribution in [1.29, 1.82) is 5.26 Å². The van der Waals surface area contributed by atoms with E-state index in [4.69, 9.17) is 4.74 Å². The maximum absolute atomic E-state index is 12.4. The Labute approximate surface area is 174 Å². The lowest BCUT2D eigenvalue weighted by Gasteiger charge is -2.11. The quantitative estimate of drug-likeness (QED) is 0.344. The molecule has 152 valence electrons. The third-order valence-electron chi connectivity index (χ3n) is 4.89. The molecule has 1 N–H and O–H groups in total. The van der Waals surface area contributed by atoms with Gasteiger partial charge in [0.05, 0.1) is 5.92 Å². The highest BCUT2D eigenvalue weighted by atomic mass is 16.5. The van der Waals surface area contributed by atoms with Crippen LogP contribution < -0.4 is 10.2 Å². The van der Waals surface area contributed by atoms with Crippen LogP contribution in [-0.2, 0) is 14.3 Å². The molecule has 3 rings (SSSR count). The standard InChI is InChI=1S/C23H21N3O4/c1-14-19-11-16(6-9-20(19)25-22(14)28)21(27)13-30-23(29)17(12-24)10-15-4-7-18(8-5-15)26(2)3/h4-11,14H,13H2,1-3H3,(H,25,28)/b17-10+/t14-/m1/s1. The maximum atomic E-state index is 12.4. The van der Waals surface area contributed by atoms with Gasteiger partial charge in [-0.25, -0.2) is 4.79 Å². The van der Waals surface area contributed by atoms with Gasteiger partial charge in [-0.3, -0.25) is 9.59 Å². The van der Waals surface area contributed by atoms with Crippen LogP contribution in [0.5, 0.6) is 0 Å². The van der Waals surface area contributed by atoms with Crippen molar-refractivity contribution in [1.82, 2.24) is 0 Å². The third-order valence-corrected chi connectivity index (χ3v) is 4.89. The largest absolute Gasteiger partial charge is 0.453 e. The lowest BCUT2D eigenvalue weighted by Crippen LogP contribution is -2.15. The number of rotatable bonds is 6. The molecule has 7 heteroatoms. The Morgan fingerprint density at radius 1 is 1.20 bits per heavy atom. The number of Topliss-reactive ketones (excluding diaryl/α,β-unsaturated/α-hetero) is 1. The van der Waals surface area contributed by atoms with Gasteiger partial charge in [0.15, 0.2) is 12.4 Å². The monoisotopic (exact) mass is 403 g/mol. The van der Waals surface area contributed by atoms with Crippen LogP contribution in [0.25, 0.3) is 6.08 Å². The van der Waals surface area contributed by atoms with Crippen LogP contribution in [0, 0.1) is 11.3 Å². The lowest BCUT2D eigenvalue weighted by molar-refractivity contribution is -0.137. The molecule has 0 aliphatic carbocycles. The molecule has 2 aromatic rings. The van der Waals surface area contributed by atoms with Crippen LogP contribution in [-0.4, -0.2) is 38.4 Å². The molecule has 0 saturated heterocycles. The van der Waals surface area contributed by atoms with Gasteiger partial charge in [0.1, 0.15) is 11.6 Å². The first-order valence-electron chi connectivity index (χ1n) is 9.34. The van der Waals surface area contributed by atoms with Gasteiger partial charge in [-0.1, -0.05) is 12.1 Å². The average molecular weight is 403 g/mol. The average Bonchev–Trinajstić information content (AvgIpc) is 3.03. The number of carbonyl (C=O) groups is 3. The fraction of sp³-hybridized carbons (Fsp3) is 0.217. The highest BCUT2D eigenvalue weighted by Crippen LogP contribution is 2.32. The van der Waals surface area contributed by atoms with Crippen molar-refractivity contribution in [2.45, 2.75) is 12.8 Å². The smallest absolute Gasteiger partial charge is 0.349 e.